The maximum absolute atomic E-state index is 12.1. The number of nitrogens with one attached hydrogen (secondary N) is 2. The predicted octanol–water partition coefficient (Wildman–Crippen LogP) is 1.08. The molecule has 2 amide bonds. The highest BCUT2D eigenvalue weighted by molar-refractivity contribution is 7.12. The lowest BCUT2D eigenvalue weighted by Crippen LogP contribution is -2.50. The minimum atomic E-state index is -0.510. The number of thiophene rings is 1. The molecule has 6 heteroatoms. The molecule has 1 fully saturated rings. The van der Waals surface area contributed by atoms with Gasteiger partial charge >= 0.3 is 0 Å². The van der Waals surface area contributed by atoms with Crippen molar-refractivity contribution >= 4 is 23.2 Å². The van der Waals surface area contributed by atoms with Crippen LogP contribution in [0.4, 0.5) is 0 Å². The van der Waals surface area contributed by atoms with Crippen molar-refractivity contribution in [2.45, 2.75) is 31.8 Å². The second-order valence-electron chi connectivity index (χ2n) is 5.26. The Balaban J connectivity index is 1.78. The number of amides is 2. The van der Waals surface area contributed by atoms with E-state index in [1.807, 2.05) is 11.4 Å². The number of likely N-dealkylation sites (tertiary alicyclic amines) is 1. The van der Waals surface area contributed by atoms with E-state index < -0.39 is 6.04 Å². The van der Waals surface area contributed by atoms with E-state index in [1.165, 1.54) is 11.3 Å². The van der Waals surface area contributed by atoms with Gasteiger partial charge in [-0.2, -0.15) is 0 Å². The molecule has 1 saturated heterocycles. The molecule has 5 nitrogen and oxygen atoms in total. The molecule has 0 saturated carbocycles. The third-order valence-corrected chi connectivity index (χ3v) is 4.42. The van der Waals surface area contributed by atoms with E-state index in [0.29, 0.717) is 4.88 Å². The van der Waals surface area contributed by atoms with E-state index in [0.717, 1.165) is 25.9 Å². The zero-order chi connectivity index (χ0) is 14.5. The molecule has 20 heavy (non-hydrogen) atoms. The van der Waals surface area contributed by atoms with Crippen LogP contribution >= 0.6 is 11.3 Å². The summed E-state index contributed by atoms with van der Waals surface area (Å²) in [4.78, 5) is 26.8. The van der Waals surface area contributed by atoms with Crippen molar-refractivity contribution in [3.63, 3.8) is 0 Å². The summed E-state index contributed by atoms with van der Waals surface area (Å²) < 4.78 is 0. The summed E-state index contributed by atoms with van der Waals surface area (Å²) in [6.07, 6.45) is 1.93. The third kappa shape index (κ3) is 4.05. The molecule has 1 atom stereocenters. The van der Waals surface area contributed by atoms with E-state index in [4.69, 9.17) is 0 Å². The van der Waals surface area contributed by atoms with Gasteiger partial charge in [0.2, 0.25) is 5.91 Å². The maximum atomic E-state index is 12.1. The van der Waals surface area contributed by atoms with Crippen molar-refractivity contribution in [3.05, 3.63) is 22.4 Å². The van der Waals surface area contributed by atoms with E-state index in [-0.39, 0.29) is 17.9 Å². The number of carbonyl (C=O) groups excluding carboxylic acids is 2. The molecular weight excluding hydrogens is 274 g/mol. The molecule has 1 aromatic heterocycles. The lowest BCUT2D eigenvalue weighted by molar-refractivity contribution is -0.123. The van der Waals surface area contributed by atoms with Crippen LogP contribution in [0.1, 0.15) is 29.4 Å². The fourth-order valence-corrected chi connectivity index (χ4v) is 2.85. The SMILES string of the molecule is CC(NC(=O)c1cccs1)C(=O)NC1CCN(C)CC1. The van der Waals surface area contributed by atoms with Crippen LogP contribution in [0.5, 0.6) is 0 Å². The van der Waals surface area contributed by atoms with E-state index in [2.05, 4.69) is 22.6 Å². The number of carbonyl (C=O) groups is 2. The van der Waals surface area contributed by atoms with Crippen molar-refractivity contribution in [1.29, 1.82) is 0 Å². The van der Waals surface area contributed by atoms with Crippen LogP contribution in [0.15, 0.2) is 17.5 Å². The normalized spacial score (nSPS) is 18.5. The van der Waals surface area contributed by atoms with Crippen molar-refractivity contribution < 1.29 is 9.59 Å². The lowest BCUT2D eigenvalue weighted by Gasteiger charge is -2.30. The van der Waals surface area contributed by atoms with Gasteiger partial charge in [-0.15, -0.1) is 11.3 Å². The maximum Gasteiger partial charge on any atom is 0.261 e. The van der Waals surface area contributed by atoms with Crippen LogP contribution in [0.3, 0.4) is 0 Å². The van der Waals surface area contributed by atoms with Gasteiger partial charge in [0.15, 0.2) is 0 Å². The Morgan fingerprint density at radius 2 is 2.10 bits per heavy atom. The van der Waals surface area contributed by atoms with E-state index in [1.54, 1.807) is 13.0 Å². The van der Waals surface area contributed by atoms with Gasteiger partial charge in [-0.05, 0) is 51.3 Å². The molecule has 1 aliphatic rings. The minimum Gasteiger partial charge on any atom is -0.351 e. The van der Waals surface area contributed by atoms with Gasteiger partial charge in [-0.1, -0.05) is 6.07 Å². The highest BCUT2D eigenvalue weighted by Crippen LogP contribution is 2.10. The molecule has 110 valence electrons. The summed E-state index contributed by atoms with van der Waals surface area (Å²) in [5, 5.41) is 7.59. The molecule has 0 bridgehead atoms. The molecule has 2 rings (SSSR count). The Morgan fingerprint density at radius 3 is 2.70 bits per heavy atom. The van der Waals surface area contributed by atoms with Crippen molar-refractivity contribution in [3.8, 4) is 0 Å². The first-order valence-electron chi connectivity index (χ1n) is 6.89. The third-order valence-electron chi connectivity index (χ3n) is 3.55. The zero-order valence-electron chi connectivity index (χ0n) is 11.9. The first-order chi connectivity index (χ1) is 9.56. The molecular formula is C14H21N3O2S. The summed E-state index contributed by atoms with van der Waals surface area (Å²) in [5.41, 5.74) is 0. The topological polar surface area (TPSA) is 61.4 Å². The summed E-state index contributed by atoms with van der Waals surface area (Å²) in [7, 11) is 2.09. The predicted molar refractivity (Wildman–Crippen MR) is 79.9 cm³/mol. The molecule has 2 N–H and O–H groups in total. The monoisotopic (exact) mass is 295 g/mol. The van der Waals surface area contributed by atoms with Gasteiger partial charge in [-0.3, -0.25) is 9.59 Å². The standard InChI is InChI=1S/C14H21N3O2S/c1-10(15-14(19)12-4-3-9-20-12)13(18)16-11-5-7-17(2)8-6-11/h3-4,9-11H,5-8H2,1-2H3,(H,15,19)(H,16,18). The first-order valence-corrected chi connectivity index (χ1v) is 7.77. The molecule has 0 radical (unpaired) electrons. The van der Waals surface area contributed by atoms with Gasteiger partial charge in [0.1, 0.15) is 6.04 Å². The van der Waals surface area contributed by atoms with Gasteiger partial charge in [-0.25, -0.2) is 0 Å². The smallest absolute Gasteiger partial charge is 0.261 e. The van der Waals surface area contributed by atoms with Crippen molar-refractivity contribution in [1.82, 2.24) is 15.5 Å². The number of hydrogen-bond donors (Lipinski definition) is 2. The largest absolute Gasteiger partial charge is 0.351 e. The number of rotatable bonds is 4. The summed E-state index contributed by atoms with van der Waals surface area (Å²) in [6, 6.07) is 3.29. The van der Waals surface area contributed by atoms with Crippen LogP contribution in [0.2, 0.25) is 0 Å². The number of hydrogen-bond acceptors (Lipinski definition) is 4. The van der Waals surface area contributed by atoms with Gasteiger partial charge in [0, 0.05) is 6.04 Å². The average molecular weight is 295 g/mol. The molecule has 0 aliphatic carbocycles. The highest BCUT2D eigenvalue weighted by atomic mass is 32.1. The van der Waals surface area contributed by atoms with Crippen LogP contribution in [-0.4, -0.2) is 48.9 Å². The quantitative estimate of drug-likeness (QED) is 0.874. The molecule has 1 unspecified atom stereocenters. The van der Waals surface area contributed by atoms with Crippen LogP contribution in [-0.2, 0) is 4.79 Å². The Morgan fingerprint density at radius 1 is 1.40 bits per heavy atom. The molecule has 2 heterocycles. The average Bonchev–Trinajstić information content (AvgIpc) is 2.95. The Labute approximate surface area is 123 Å². The van der Waals surface area contributed by atoms with Crippen LogP contribution in [0.25, 0.3) is 0 Å². The fraction of sp³-hybridized carbons (Fsp3) is 0.571. The van der Waals surface area contributed by atoms with Crippen molar-refractivity contribution in [2.24, 2.45) is 0 Å². The Kier molecular flexibility index (Phi) is 5.14. The second-order valence-corrected chi connectivity index (χ2v) is 6.21. The summed E-state index contributed by atoms with van der Waals surface area (Å²) >= 11 is 1.37. The van der Waals surface area contributed by atoms with E-state index >= 15 is 0 Å². The van der Waals surface area contributed by atoms with E-state index in [9.17, 15) is 9.59 Å². The van der Waals surface area contributed by atoms with Crippen LogP contribution in [0, 0.1) is 0 Å². The van der Waals surface area contributed by atoms with Gasteiger partial charge < -0.3 is 15.5 Å². The Bertz CT molecular complexity index is 453. The molecule has 1 aromatic rings. The van der Waals surface area contributed by atoms with Gasteiger partial charge in [0.05, 0.1) is 4.88 Å². The fourth-order valence-electron chi connectivity index (χ4n) is 2.22. The second kappa shape index (κ2) is 6.85. The summed E-state index contributed by atoms with van der Waals surface area (Å²) in [5.74, 6) is -0.296. The lowest BCUT2D eigenvalue weighted by atomic mass is 10.1. The minimum absolute atomic E-state index is 0.107. The summed E-state index contributed by atoms with van der Waals surface area (Å²) in [6.45, 7) is 3.72. The molecule has 0 aromatic carbocycles. The molecule has 0 spiro atoms. The number of nitrogens with zero attached hydrogens (tertiary/aromatic N) is 1. The first kappa shape index (κ1) is 15.0. The highest BCUT2D eigenvalue weighted by Gasteiger charge is 2.22. The number of piperidine rings is 1. The van der Waals surface area contributed by atoms with Crippen LogP contribution < -0.4 is 10.6 Å². The molecule has 1 aliphatic heterocycles. The van der Waals surface area contributed by atoms with Gasteiger partial charge in [0.25, 0.3) is 5.91 Å². The van der Waals surface area contributed by atoms with Crippen molar-refractivity contribution in [2.75, 3.05) is 20.1 Å². The Hall–Kier alpha value is -1.40. The zero-order valence-corrected chi connectivity index (χ0v) is 12.7.